The molecule has 2 fully saturated rings. The van der Waals surface area contributed by atoms with Crippen molar-refractivity contribution in [1.82, 2.24) is 9.80 Å². The number of likely N-dealkylation sites (tertiary alicyclic amines) is 2. The van der Waals surface area contributed by atoms with Crippen LogP contribution < -0.4 is 0 Å². The second kappa shape index (κ2) is 8.19. The molecule has 0 aromatic carbocycles. The van der Waals surface area contributed by atoms with Crippen molar-refractivity contribution >= 4 is 12.1 Å². The van der Waals surface area contributed by atoms with Gasteiger partial charge in [0.2, 0.25) is 0 Å². The molecule has 6 heteroatoms. The molecule has 0 bridgehead atoms. The van der Waals surface area contributed by atoms with E-state index in [0.717, 1.165) is 39.0 Å². The van der Waals surface area contributed by atoms with Gasteiger partial charge in [-0.2, -0.15) is 0 Å². The Labute approximate surface area is 145 Å². The van der Waals surface area contributed by atoms with Crippen LogP contribution in [0.5, 0.6) is 0 Å². The average Bonchev–Trinajstić information content (AvgIpc) is 2.44. The third-order valence-electron chi connectivity index (χ3n) is 4.62. The predicted molar refractivity (Wildman–Crippen MR) is 91.7 cm³/mol. The number of carbonyl (C=O) groups excluding carboxylic acids is 2. The molecular formula is C18H32N2O4. The van der Waals surface area contributed by atoms with E-state index in [1.165, 1.54) is 6.42 Å². The molecule has 0 aromatic heterocycles. The molecule has 0 aliphatic carbocycles. The Kier molecular flexibility index (Phi) is 6.49. The highest BCUT2D eigenvalue weighted by atomic mass is 16.6. The number of piperidine rings is 1. The first-order valence-corrected chi connectivity index (χ1v) is 9.12. The Morgan fingerprint density at radius 2 is 1.71 bits per heavy atom. The van der Waals surface area contributed by atoms with E-state index in [4.69, 9.17) is 9.47 Å². The van der Waals surface area contributed by atoms with Crippen LogP contribution in [0.2, 0.25) is 0 Å². The maximum absolute atomic E-state index is 12.1. The molecule has 24 heavy (non-hydrogen) atoms. The van der Waals surface area contributed by atoms with Gasteiger partial charge >= 0.3 is 12.1 Å². The maximum atomic E-state index is 12.1. The Morgan fingerprint density at radius 3 is 2.25 bits per heavy atom. The van der Waals surface area contributed by atoms with Gasteiger partial charge in [-0.25, -0.2) is 4.79 Å². The van der Waals surface area contributed by atoms with Gasteiger partial charge in [0.1, 0.15) is 5.60 Å². The monoisotopic (exact) mass is 340 g/mol. The molecule has 0 radical (unpaired) electrons. The summed E-state index contributed by atoms with van der Waals surface area (Å²) in [6.45, 7) is 12.0. The van der Waals surface area contributed by atoms with Crippen LogP contribution in [0.15, 0.2) is 0 Å². The fraction of sp³-hybridized carbons (Fsp3) is 0.889. The molecule has 0 atom stereocenters. The first kappa shape index (κ1) is 19.0. The lowest BCUT2D eigenvalue weighted by atomic mass is 9.84. The highest BCUT2D eigenvalue weighted by Crippen LogP contribution is 2.29. The van der Waals surface area contributed by atoms with Crippen LogP contribution in [0.3, 0.4) is 0 Å². The molecule has 138 valence electrons. The summed E-state index contributed by atoms with van der Waals surface area (Å²) in [6, 6.07) is 0. The fourth-order valence-electron chi connectivity index (χ4n) is 3.49. The van der Waals surface area contributed by atoms with E-state index in [2.05, 4.69) is 4.90 Å². The van der Waals surface area contributed by atoms with Crippen molar-refractivity contribution < 1.29 is 19.1 Å². The van der Waals surface area contributed by atoms with E-state index < -0.39 is 5.60 Å². The Bertz CT molecular complexity index is 433. The lowest BCUT2D eigenvalue weighted by Crippen LogP contribution is -2.50. The summed E-state index contributed by atoms with van der Waals surface area (Å²) in [6.07, 6.45) is 3.10. The molecule has 0 spiro atoms. The summed E-state index contributed by atoms with van der Waals surface area (Å²) in [5.74, 6) is 1.23. The van der Waals surface area contributed by atoms with Crippen molar-refractivity contribution in [3.05, 3.63) is 0 Å². The molecule has 2 heterocycles. The number of hydrogen-bond acceptors (Lipinski definition) is 5. The molecule has 2 aliphatic heterocycles. The third-order valence-corrected chi connectivity index (χ3v) is 4.62. The van der Waals surface area contributed by atoms with Gasteiger partial charge in [-0.1, -0.05) is 0 Å². The number of nitrogens with zero attached hydrogens (tertiary/aromatic N) is 2. The highest BCUT2D eigenvalue weighted by Gasteiger charge is 2.33. The van der Waals surface area contributed by atoms with Crippen molar-refractivity contribution in [2.75, 3.05) is 39.3 Å². The van der Waals surface area contributed by atoms with Crippen molar-refractivity contribution in [2.24, 2.45) is 11.8 Å². The summed E-state index contributed by atoms with van der Waals surface area (Å²) < 4.78 is 10.4. The van der Waals surface area contributed by atoms with Crippen molar-refractivity contribution in [1.29, 1.82) is 0 Å². The van der Waals surface area contributed by atoms with Crippen LogP contribution in [-0.4, -0.2) is 66.8 Å². The first-order chi connectivity index (χ1) is 11.3. The summed E-state index contributed by atoms with van der Waals surface area (Å²) in [4.78, 5) is 27.5. The van der Waals surface area contributed by atoms with Crippen LogP contribution in [-0.2, 0) is 14.3 Å². The number of carbonyl (C=O) groups is 2. The molecule has 2 rings (SSSR count). The topological polar surface area (TPSA) is 59.1 Å². The predicted octanol–water partition coefficient (Wildman–Crippen LogP) is 2.52. The molecule has 0 saturated carbocycles. The van der Waals surface area contributed by atoms with E-state index in [-0.39, 0.29) is 12.1 Å². The van der Waals surface area contributed by atoms with Crippen LogP contribution >= 0.6 is 0 Å². The maximum Gasteiger partial charge on any atom is 0.410 e. The number of hydrogen-bond donors (Lipinski definition) is 0. The van der Waals surface area contributed by atoms with Gasteiger partial charge in [0.05, 0.1) is 13.2 Å². The van der Waals surface area contributed by atoms with Crippen molar-refractivity contribution in [3.63, 3.8) is 0 Å². The lowest BCUT2D eigenvalue weighted by molar-refractivity contribution is -0.146. The Morgan fingerprint density at radius 1 is 1.08 bits per heavy atom. The van der Waals surface area contributed by atoms with Crippen LogP contribution in [0.1, 0.15) is 47.0 Å². The summed E-state index contributed by atoms with van der Waals surface area (Å²) >= 11 is 0. The van der Waals surface area contributed by atoms with Gasteiger partial charge in [0.15, 0.2) is 0 Å². The largest absolute Gasteiger partial charge is 0.465 e. The highest BCUT2D eigenvalue weighted by molar-refractivity contribution is 5.71. The molecule has 2 aliphatic rings. The zero-order chi connectivity index (χ0) is 17.7. The zero-order valence-corrected chi connectivity index (χ0v) is 15.5. The second-order valence-corrected chi connectivity index (χ2v) is 8.01. The number of rotatable bonds is 5. The van der Waals surface area contributed by atoms with Crippen LogP contribution in [0.4, 0.5) is 4.79 Å². The molecule has 0 aromatic rings. The minimum atomic E-state index is -0.428. The van der Waals surface area contributed by atoms with E-state index in [9.17, 15) is 9.59 Å². The van der Waals surface area contributed by atoms with Gasteiger partial charge in [0.25, 0.3) is 0 Å². The first-order valence-electron chi connectivity index (χ1n) is 9.12. The second-order valence-electron chi connectivity index (χ2n) is 8.01. The van der Waals surface area contributed by atoms with Crippen molar-refractivity contribution in [2.45, 2.75) is 52.6 Å². The van der Waals surface area contributed by atoms with Gasteiger partial charge in [-0.05, 0) is 58.8 Å². The van der Waals surface area contributed by atoms with E-state index >= 15 is 0 Å². The zero-order valence-electron chi connectivity index (χ0n) is 15.5. The Hall–Kier alpha value is -1.30. The van der Waals surface area contributed by atoms with E-state index in [1.807, 2.05) is 32.6 Å². The number of esters is 1. The van der Waals surface area contributed by atoms with Crippen LogP contribution in [0, 0.1) is 11.8 Å². The normalized spacial score (nSPS) is 20.6. The number of amides is 1. The van der Waals surface area contributed by atoms with Gasteiger partial charge in [-0.3, -0.25) is 9.69 Å². The van der Waals surface area contributed by atoms with E-state index in [1.54, 1.807) is 0 Å². The fourth-order valence-corrected chi connectivity index (χ4v) is 3.49. The van der Waals surface area contributed by atoms with Crippen molar-refractivity contribution in [3.8, 4) is 0 Å². The summed E-state index contributed by atoms with van der Waals surface area (Å²) in [5, 5.41) is 0. The van der Waals surface area contributed by atoms with E-state index in [0.29, 0.717) is 25.0 Å². The quantitative estimate of drug-likeness (QED) is 0.720. The molecule has 0 unspecified atom stereocenters. The van der Waals surface area contributed by atoms with Gasteiger partial charge in [-0.15, -0.1) is 0 Å². The minimum Gasteiger partial charge on any atom is -0.465 e. The Balaban J connectivity index is 1.61. The van der Waals surface area contributed by atoms with Gasteiger partial charge < -0.3 is 14.4 Å². The SMILES string of the molecule is CCOC(=O)CN1CC(CC2CCN(C(=O)OC(C)(C)C)CC2)C1. The third kappa shape index (κ3) is 5.96. The van der Waals surface area contributed by atoms with Crippen LogP contribution in [0.25, 0.3) is 0 Å². The minimum absolute atomic E-state index is 0.124. The number of ether oxygens (including phenoxy) is 2. The smallest absolute Gasteiger partial charge is 0.410 e. The standard InChI is InChI=1S/C18H32N2O4/c1-5-23-16(21)13-19-11-15(12-19)10-14-6-8-20(9-7-14)17(22)24-18(2,3)4/h14-15H,5-13H2,1-4H3. The molecule has 1 amide bonds. The summed E-state index contributed by atoms with van der Waals surface area (Å²) in [5.41, 5.74) is -0.428. The average molecular weight is 340 g/mol. The molecular weight excluding hydrogens is 308 g/mol. The lowest BCUT2D eigenvalue weighted by Gasteiger charge is -2.41. The molecule has 0 N–H and O–H groups in total. The summed E-state index contributed by atoms with van der Waals surface area (Å²) in [7, 11) is 0. The van der Waals surface area contributed by atoms with Gasteiger partial charge in [0, 0.05) is 26.2 Å². The molecule has 2 saturated heterocycles. The molecule has 6 nitrogen and oxygen atoms in total.